The quantitative estimate of drug-likeness (QED) is 0.102. The molecule has 222 valence electrons. The number of para-hydroxylation sites is 1. The number of fused-ring (bicyclic) bond motifs is 1. The van der Waals surface area contributed by atoms with Gasteiger partial charge in [0.1, 0.15) is 12.4 Å². The number of aromatic carboxylic acids is 1. The van der Waals surface area contributed by atoms with Gasteiger partial charge in [-0.05, 0) is 70.1 Å². The monoisotopic (exact) mass is 615 g/mol. The first-order chi connectivity index (χ1) is 21.9. The lowest BCUT2D eigenvalue weighted by atomic mass is 10.0. The number of aliphatic imine (C=N–C) groups is 1. The summed E-state index contributed by atoms with van der Waals surface area (Å²) in [6.07, 6.45) is 1.80. The summed E-state index contributed by atoms with van der Waals surface area (Å²) in [5.41, 5.74) is 2.91. The molecule has 0 aromatic heterocycles. The van der Waals surface area contributed by atoms with Crippen LogP contribution in [0.1, 0.15) is 27.0 Å². The smallest absolute Gasteiger partial charge is 0.335 e. The summed E-state index contributed by atoms with van der Waals surface area (Å²) in [5.74, 6) is -0.760. The van der Waals surface area contributed by atoms with Gasteiger partial charge in [-0.2, -0.15) is 0 Å². The molecule has 9 nitrogen and oxygen atoms in total. The Morgan fingerprint density at radius 2 is 1.67 bits per heavy atom. The molecule has 1 aliphatic rings. The third-order valence-electron chi connectivity index (χ3n) is 7.13. The van der Waals surface area contributed by atoms with Crippen LogP contribution in [0, 0.1) is 10.1 Å². The number of thioether (sulfide) groups is 1. The average molecular weight is 616 g/mol. The zero-order valence-corrected chi connectivity index (χ0v) is 24.5. The van der Waals surface area contributed by atoms with Crippen LogP contribution in [0.2, 0.25) is 0 Å². The number of ether oxygens (including phenoxy) is 1. The van der Waals surface area contributed by atoms with Gasteiger partial charge in [-0.15, -0.1) is 0 Å². The SMILES string of the molecule is O=C(O)c1ccc(CN2C(=O)/C(=C/c3c(OCc4cccc([N+](=O)[O-])c4)ccc4ccccc34)SC2=Nc2ccccc2)cc1. The van der Waals surface area contributed by atoms with Crippen molar-refractivity contribution in [3.63, 3.8) is 0 Å². The first-order valence-electron chi connectivity index (χ1n) is 13.9. The number of carbonyl (C=O) groups excluding carboxylic acids is 1. The molecule has 10 heteroatoms. The number of hydrogen-bond acceptors (Lipinski definition) is 7. The Morgan fingerprint density at radius 3 is 2.42 bits per heavy atom. The third-order valence-corrected chi connectivity index (χ3v) is 8.14. The maximum Gasteiger partial charge on any atom is 0.335 e. The number of amidine groups is 1. The number of rotatable bonds is 9. The van der Waals surface area contributed by atoms with E-state index in [4.69, 9.17) is 9.73 Å². The van der Waals surface area contributed by atoms with Crippen molar-refractivity contribution in [3.8, 4) is 5.75 Å². The molecular formula is C35H25N3O6S. The van der Waals surface area contributed by atoms with Gasteiger partial charge >= 0.3 is 5.97 Å². The van der Waals surface area contributed by atoms with Gasteiger partial charge in [-0.1, -0.05) is 72.8 Å². The second-order valence-corrected chi connectivity index (χ2v) is 11.2. The van der Waals surface area contributed by atoms with Crippen molar-refractivity contribution in [2.24, 2.45) is 4.99 Å². The van der Waals surface area contributed by atoms with Gasteiger partial charge in [0.25, 0.3) is 11.6 Å². The van der Waals surface area contributed by atoms with Gasteiger partial charge in [0.2, 0.25) is 0 Å². The lowest BCUT2D eigenvalue weighted by molar-refractivity contribution is -0.384. The standard InChI is InChI=1S/C35H25N3O6S/c39-33-32(45-35(36-27-9-2-1-3-10-27)37(33)21-23-13-15-26(16-14-23)34(40)41)20-30-29-12-5-4-8-25(29)17-18-31(30)44-22-24-7-6-11-28(19-24)38(42)43/h1-20H,21-22H2,(H,40,41)/b32-20-,36-35?. The number of carbonyl (C=O) groups is 2. The summed E-state index contributed by atoms with van der Waals surface area (Å²) in [7, 11) is 0. The first-order valence-corrected chi connectivity index (χ1v) is 14.7. The van der Waals surface area contributed by atoms with Crippen LogP contribution in [0.15, 0.2) is 125 Å². The van der Waals surface area contributed by atoms with Crippen molar-refractivity contribution in [2.75, 3.05) is 0 Å². The second-order valence-electron chi connectivity index (χ2n) is 10.1. The Labute approximate surface area is 262 Å². The normalized spacial score (nSPS) is 14.8. The summed E-state index contributed by atoms with van der Waals surface area (Å²) >= 11 is 1.24. The summed E-state index contributed by atoms with van der Waals surface area (Å²) in [5, 5.41) is 22.9. The van der Waals surface area contributed by atoms with Crippen LogP contribution in [0.25, 0.3) is 16.8 Å². The van der Waals surface area contributed by atoms with Crippen LogP contribution < -0.4 is 4.74 Å². The molecule has 1 fully saturated rings. The number of carboxylic acids is 1. The molecule has 0 radical (unpaired) electrons. The van der Waals surface area contributed by atoms with Crippen molar-refractivity contribution in [1.82, 2.24) is 4.90 Å². The van der Waals surface area contributed by atoms with Crippen LogP contribution >= 0.6 is 11.8 Å². The van der Waals surface area contributed by atoms with Crippen LogP contribution in [0.5, 0.6) is 5.75 Å². The minimum absolute atomic E-state index is 0.0205. The molecule has 1 N–H and O–H groups in total. The molecule has 0 aliphatic carbocycles. The van der Waals surface area contributed by atoms with Crippen molar-refractivity contribution >= 4 is 57.0 Å². The number of non-ortho nitro benzene ring substituents is 1. The number of amides is 1. The van der Waals surface area contributed by atoms with Gasteiger partial charge in [-0.25, -0.2) is 9.79 Å². The Balaban J connectivity index is 1.38. The van der Waals surface area contributed by atoms with E-state index in [1.54, 1.807) is 35.2 Å². The Hall–Kier alpha value is -5.74. The molecule has 6 rings (SSSR count). The van der Waals surface area contributed by atoms with Crippen molar-refractivity contribution in [3.05, 3.63) is 153 Å². The maximum atomic E-state index is 14.0. The molecule has 0 atom stereocenters. The Bertz CT molecular complexity index is 1990. The van der Waals surface area contributed by atoms with E-state index in [0.29, 0.717) is 32.6 Å². The molecule has 0 bridgehead atoms. The molecule has 1 heterocycles. The zero-order chi connectivity index (χ0) is 31.3. The van der Waals surface area contributed by atoms with Crippen LogP contribution in [0.3, 0.4) is 0 Å². The minimum atomic E-state index is -1.02. The minimum Gasteiger partial charge on any atom is -0.488 e. The van der Waals surface area contributed by atoms with Gasteiger partial charge < -0.3 is 9.84 Å². The lowest BCUT2D eigenvalue weighted by Gasteiger charge is -2.16. The van der Waals surface area contributed by atoms with Gasteiger partial charge in [0, 0.05) is 17.7 Å². The van der Waals surface area contributed by atoms with E-state index in [9.17, 15) is 24.8 Å². The van der Waals surface area contributed by atoms with Crippen LogP contribution in [0.4, 0.5) is 11.4 Å². The lowest BCUT2D eigenvalue weighted by Crippen LogP contribution is -2.28. The highest BCUT2D eigenvalue weighted by atomic mass is 32.2. The van der Waals surface area contributed by atoms with E-state index >= 15 is 0 Å². The van der Waals surface area contributed by atoms with Crippen LogP contribution in [-0.4, -0.2) is 32.0 Å². The molecule has 45 heavy (non-hydrogen) atoms. The van der Waals surface area contributed by atoms with Crippen LogP contribution in [-0.2, 0) is 17.9 Å². The molecule has 5 aromatic rings. The molecule has 5 aromatic carbocycles. The highest BCUT2D eigenvalue weighted by Gasteiger charge is 2.34. The average Bonchev–Trinajstić information content (AvgIpc) is 3.34. The van der Waals surface area contributed by atoms with E-state index in [1.165, 1.54) is 36.0 Å². The van der Waals surface area contributed by atoms with Crippen molar-refractivity contribution in [1.29, 1.82) is 0 Å². The van der Waals surface area contributed by atoms with E-state index in [-0.39, 0.29) is 30.3 Å². The summed E-state index contributed by atoms with van der Waals surface area (Å²) < 4.78 is 6.21. The largest absolute Gasteiger partial charge is 0.488 e. The summed E-state index contributed by atoms with van der Waals surface area (Å²) in [6.45, 7) is 0.289. The highest BCUT2D eigenvalue weighted by molar-refractivity contribution is 8.18. The second kappa shape index (κ2) is 12.9. The van der Waals surface area contributed by atoms with E-state index in [1.807, 2.05) is 66.7 Å². The summed E-state index contributed by atoms with van der Waals surface area (Å²) in [4.78, 5) is 42.9. The number of nitro benzene ring substituents is 1. The molecule has 1 amide bonds. The van der Waals surface area contributed by atoms with E-state index < -0.39 is 10.9 Å². The molecule has 0 spiro atoms. The van der Waals surface area contributed by atoms with Crippen molar-refractivity contribution in [2.45, 2.75) is 13.2 Å². The fraction of sp³-hybridized carbons (Fsp3) is 0.0571. The molecule has 0 saturated carbocycles. The van der Waals surface area contributed by atoms with Gasteiger partial charge in [0.15, 0.2) is 5.17 Å². The zero-order valence-electron chi connectivity index (χ0n) is 23.7. The number of carboxylic acid groups (broad SMARTS) is 1. The number of nitro groups is 1. The van der Waals surface area contributed by atoms with Crippen molar-refractivity contribution < 1.29 is 24.4 Å². The fourth-order valence-corrected chi connectivity index (χ4v) is 5.86. The first kappa shape index (κ1) is 29.3. The Morgan fingerprint density at radius 1 is 0.911 bits per heavy atom. The molecular weight excluding hydrogens is 590 g/mol. The van der Waals surface area contributed by atoms with Gasteiger partial charge in [0.05, 0.1) is 27.6 Å². The highest BCUT2D eigenvalue weighted by Crippen LogP contribution is 2.39. The topological polar surface area (TPSA) is 122 Å². The number of hydrogen-bond donors (Lipinski definition) is 1. The maximum absolute atomic E-state index is 14.0. The third kappa shape index (κ3) is 6.61. The fourth-order valence-electron chi connectivity index (χ4n) is 4.88. The predicted octanol–water partition coefficient (Wildman–Crippen LogP) is 7.83. The molecule has 1 aliphatic heterocycles. The van der Waals surface area contributed by atoms with E-state index in [0.717, 1.165) is 16.3 Å². The molecule has 0 unspecified atom stereocenters. The molecule has 1 saturated heterocycles. The summed E-state index contributed by atoms with van der Waals surface area (Å²) in [6, 6.07) is 33.5. The number of nitrogens with zero attached hydrogens (tertiary/aromatic N) is 3. The number of benzene rings is 5. The predicted molar refractivity (Wildman–Crippen MR) is 174 cm³/mol. The van der Waals surface area contributed by atoms with Gasteiger partial charge in [-0.3, -0.25) is 19.8 Å². The Kier molecular flexibility index (Phi) is 8.39. The van der Waals surface area contributed by atoms with E-state index in [2.05, 4.69) is 0 Å².